The van der Waals surface area contributed by atoms with Gasteiger partial charge in [-0.3, -0.25) is 4.55 Å². The molecule has 0 heterocycles. The van der Waals surface area contributed by atoms with Gasteiger partial charge < -0.3 is 4.74 Å². The summed E-state index contributed by atoms with van der Waals surface area (Å²) in [4.78, 5) is 11.2. The Morgan fingerprint density at radius 2 is 2.15 bits per heavy atom. The second kappa shape index (κ2) is 3.73. The van der Waals surface area contributed by atoms with Gasteiger partial charge in [0.25, 0.3) is 0 Å². The average molecular weight is 208 g/mol. The largest absolute Gasteiger partial charge is 0.467 e. The lowest BCUT2D eigenvalue weighted by Gasteiger charge is -2.41. The van der Waals surface area contributed by atoms with E-state index in [4.69, 9.17) is 4.55 Å². The number of carbonyl (C=O) groups is 1. The van der Waals surface area contributed by atoms with Gasteiger partial charge in [0.15, 0.2) is 5.60 Å². The minimum atomic E-state index is -2.42. The van der Waals surface area contributed by atoms with Crippen LogP contribution in [0.1, 0.15) is 19.8 Å². The molecule has 1 rings (SSSR count). The summed E-state index contributed by atoms with van der Waals surface area (Å²) in [6, 6.07) is 0. The zero-order chi connectivity index (χ0) is 10.1. The molecule has 1 fully saturated rings. The van der Waals surface area contributed by atoms with Crippen molar-refractivity contribution in [2.24, 2.45) is 5.92 Å². The topological polar surface area (TPSA) is 72.8 Å². The summed E-state index contributed by atoms with van der Waals surface area (Å²) < 4.78 is 28.1. The molecule has 0 bridgehead atoms. The van der Waals surface area contributed by atoms with E-state index < -0.39 is 22.9 Å². The van der Waals surface area contributed by atoms with Gasteiger partial charge in [-0.15, -0.1) is 0 Å². The van der Waals surface area contributed by atoms with E-state index in [0.717, 1.165) is 0 Å². The first-order valence-electron chi connectivity index (χ1n) is 3.89. The van der Waals surface area contributed by atoms with E-state index in [0.29, 0.717) is 18.8 Å². The van der Waals surface area contributed by atoms with Crippen molar-refractivity contribution < 1.29 is 22.5 Å². The van der Waals surface area contributed by atoms with Crippen LogP contribution in [0.2, 0.25) is 0 Å². The zero-order valence-electron chi connectivity index (χ0n) is 7.48. The monoisotopic (exact) mass is 208 g/mol. The van der Waals surface area contributed by atoms with Crippen LogP contribution in [0.25, 0.3) is 0 Å². The van der Waals surface area contributed by atoms with E-state index in [1.807, 2.05) is 6.92 Å². The highest BCUT2D eigenvalue weighted by atomic mass is 32.2. The molecule has 0 radical (unpaired) electrons. The number of carbonyl (C=O) groups excluding carboxylic acids is 1. The van der Waals surface area contributed by atoms with Crippen molar-refractivity contribution in [3.8, 4) is 0 Å². The Hall–Kier alpha value is -0.460. The molecule has 5 nitrogen and oxygen atoms in total. The highest BCUT2D eigenvalue weighted by Crippen LogP contribution is 2.41. The molecular formula is C7H12O5S. The highest BCUT2D eigenvalue weighted by Gasteiger charge is 2.52. The van der Waals surface area contributed by atoms with Gasteiger partial charge in [0.05, 0.1) is 7.11 Å². The van der Waals surface area contributed by atoms with Crippen LogP contribution in [-0.4, -0.2) is 27.4 Å². The van der Waals surface area contributed by atoms with Gasteiger partial charge in [-0.1, -0.05) is 6.92 Å². The predicted molar refractivity (Wildman–Crippen MR) is 45.0 cm³/mol. The maximum atomic E-state index is 11.2. The first-order valence-corrected chi connectivity index (χ1v) is 4.92. The maximum Gasteiger partial charge on any atom is 0.339 e. The quantitative estimate of drug-likeness (QED) is 0.539. The number of rotatable bonds is 3. The van der Waals surface area contributed by atoms with Crippen LogP contribution < -0.4 is 0 Å². The fourth-order valence-corrected chi connectivity index (χ4v) is 2.13. The number of ether oxygens (including phenoxy) is 1. The van der Waals surface area contributed by atoms with Crippen molar-refractivity contribution in [2.45, 2.75) is 25.4 Å². The van der Waals surface area contributed by atoms with Crippen LogP contribution >= 0.6 is 0 Å². The van der Waals surface area contributed by atoms with Gasteiger partial charge in [0.1, 0.15) is 0 Å². The number of esters is 1. The molecule has 0 spiro atoms. The Morgan fingerprint density at radius 1 is 1.62 bits per heavy atom. The first-order chi connectivity index (χ1) is 6.00. The van der Waals surface area contributed by atoms with Gasteiger partial charge in [-0.25, -0.2) is 8.98 Å². The molecule has 76 valence electrons. The first kappa shape index (κ1) is 10.6. The number of hydrogen-bond donors (Lipinski definition) is 1. The summed E-state index contributed by atoms with van der Waals surface area (Å²) >= 11 is -2.42. The standard InChI is InChI=1S/C7H12O5S/c1-5-3-7(4-5,6(8)11-2)12-13(9)10/h5H,3-4H2,1-2H3,(H,9,10). The zero-order valence-corrected chi connectivity index (χ0v) is 8.30. The Kier molecular flexibility index (Phi) is 3.05. The van der Waals surface area contributed by atoms with E-state index >= 15 is 0 Å². The minimum absolute atomic E-state index is 0.322. The minimum Gasteiger partial charge on any atom is -0.467 e. The molecule has 13 heavy (non-hydrogen) atoms. The average Bonchev–Trinajstić information content (AvgIpc) is 1.98. The molecule has 0 aliphatic heterocycles. The molecule has 0 amide bonds. The van der Waals surface area contributed by atoms with Gasteiger partial charge in [0, 0.05) is 0 Å². The maximum absolute atomic E-state index is 11.2. The molecule has 1 N–H and O–H groups in total. The molecule has 1 saturated carbocycles. The summed E-state index contributed by atoms with van der Waals surface area (Å²) in [5.41, 5.74) is -1.19. The Morgan fingerprint density at radius 3 is 2.46 bits per heavy atom. The molecule has 1 atom stereocenters. The van der Waals surface area contributed by atoms with E-state index in [9.17, 15) is 9.00 Å². The fraction of sp³-hybridized carbons (Fsp3) is 0.857. The molecule has 0 aromatic heterocycles. The van der Waals surface area contributed by atoms with Gasteiger partial charge in [-0.2, -0.15) is 4.21 Å². The third-order valence-electron chi connectivity index (χ3n) is 2.14. The summed E-state index contributed by atoms with van der Waals surface area (Å²) in [7, 11) is 1.23. The van der Waals surface area contributed by atoms with Gasteiger partial charge in [0.2, 0.25) is 0 Å². The third kappa shape index (κ3) is 2.07. The molecule has 0 aromatic carbocycles. The van der Waals surface area contributed by atoms with Gasteiger partial charge in [-0.05, 0) is 18.8 Å². The van der Waals surface area contributed by atoms with Crippen LogP contribution in [0.5, 0.6) is 0 Å². The van der Waals surface area contributed by atoms with Crippen LogP contribution in [0.3, 0.4) is 0 Å². The van der Waals surface area contributed by atoms with Crippen molar-refractivity contribution in [3.63, 3.8) is 0 Å². The second-order valence-electron chi connectivity index (χ2n) is 3.30. The molecule has 6 heteroatoms. The summed E-state index contributed by atoms with van der Waals surface area (Å²) in [5, 5.41) is 0. The van der Waals surface area contributed by atoms with Crippen LogP contribution in [-0.2, 0) is 25.1 Å². The Bertz CT molecular complexity index is 233. The fourth-order valence-electron chi connectivity index (χ4n) is 1.66. The normalized spacial score (nSPS) is 34.8. The summed E-state index contributed by atoms with van der Waals surface area (Å²) in [6.07, 6.45) is 0.873. The van der Waals surface area contributed by atoms with Crippen molar-refractivity contribution >= 4 is 17.3 Å². The van der Waals surface area contributed by atoms with Crippen LogP contribution in [0.15, 0.2) is 0 Å². The van der Waals surface area contributed by atoms with E-state index in [2.05, 4.69) is 8.92 Å². The van der Waals surface area contributed by atoms with Gasteiger partial charge >= 0.3 is 17.3 Å². The molecule has 1 aliphatic rings. The molecular weight excluding hydrogens is 196 g/mol. The molecule has 1 unspecified atom stereocenters. The lowest BCUT2D eigenvalue weighted by Crippen LogP contribution is -2.52. The Balaban J connectivity index is 2.66. The van der Waals surface area contributed by atoms with Crippen LogP contribution in [0, 0.1) is 5.92 Å². The third-order valence-corrected chi connectivity index (χ3v) is 2.61. The van der Waals surface area contributed by atoms with Crippen molar-refractivity contribution in [1.29, 1.82) is 0 Å². The second-order valence-corrected chi connectivity index (χ2v) is 3.90. The number of methoxy groups -OCH3 is 1. The summed E-state index contributed by atoms with van der Waals surface area (Å²) in [5.74, 6) is -0.254. The van der Waals surface area contributed by atoms with Crippen molar-refractivity contribution in [3.05, 3.63) is 0 Å². The molecule has 1 aliphatic carbocycles. The Labute approximate surface area is 78.9 Å². The van der Waals surface area contributed by atoms with Crippen LogP contribution in [0.4, 0.5) is 0 Å². The predicted octanol–water partition coefficient (Wildman–Crippen LogP) is 0.481. The lowest BCUT2D eigenvalue weighted by molar-refractivity contribution is -0.171. The number of hydrogen-bond acceptors (Lipinski definition) is 4. The smallest absolute Gasteiger partial charge is 0.339 e. The SMILES string of the molecule is COC(=O)C1(OS(=O)O)CC(C)C1. The van der Waals surface area contributed by atoms with E-state index in [1.54, 1.807) is 0 Å². The lowest BCUT2D eigenvalue weighted by atomic mass is 9.72. The van der Waals surface area contributed by atoms with Crippen molar-refractivity contribution in [2.75, 3.05) is 7.11 Å². The van der Waals surface area contributed by atoms with E-state index in [1.165, 1.54) is 7.11 Å². The molecule has 0 saturated heterocycles. The van der Waals surface area contributed by atoms with E-state index in [-0.39, 0.29) is 0 Å². The summed E-state index contributed by atoms with van der Waals surface area (Å²) in [6.45, 7) is 1.94. The van der Waals surface area contributed by atoms with Crippen molar-refractivity contribution in [1.82, 2.24) is 0 Å². The molecule has 0 aromatic rings. The highest BCUT2D eigenvalue weighted by molar-refractivity contribution is 7.74.